The van der Waals surface area contributed by atoms with Crippen LogP contribution >= 0.6 is 11.3 Å². The van der Waals surface area contributed by atoms with Crippen molar-refractivity contribution < 1.29 is 17.9 Å². The highest BCUT2D eigenvalue weighted by Crippen LogP contribution is 2.31. The lowest BCUT2D eigenvalue weighted by atomic mass is 10.2. The Morgan fingerprint density at radius 2 is 2.00 bits per heavy atom. The van der Waals surface area contributed by atoms with Crippen molar-refractivity contribution in [3.05, 3.63) is 52.2 Å². The van der Waals surface area contributed by atoms with E-state index < -0.39 is 11.7 Å². The van der Waals surface area contributed by atoms with E-state index in [4.69, 9.17) is 4.74 Å². The van der Waals surface area contributed by atoms with E-state index in [1.807, 2.05) is 17.5 Å². The molecule has 0 saturated heterocycles. The molecule has 2 rings (SSSR count). The van der Waals surface area contributed by atoms with Crippen LogP contribution in [0.1, 0.15) is 10.4 Å². The lowest BCUT2D eigenvalue weighted by Crippen LogP contribution is -2.20. The van der Waals surface area contributed by atoms with Crippen molar-refractivity contribution in [1.82, 2.24) is 5.32 Å². The van der Waals surface area contributed by atoms with E-state index in [0.717, 1.165) is 18.7 Å². The summed E-state index contributed by atoms with van der Waals surface area (Å²) in [5.74, 6) is 0.234. The minimum atomic E-state index is -4.34. The maximum Gasteiger partial charge on any atom is 0.416 e. The largest absolute Gasteiger partial charge is 0.492 e. The second kappa shape index (κ2) is 6.76. The zero-order valence-corrected chi connectivity index (χ0v) is 11.4. The summed E-state index contributed by atoms with van der Waals surface area (Å²) in [7, 11) is 0. The fourth-order valence-electron chi connectivity index (χ4n) is 1.63. The topological polar surface area (TPSA) is 21.3 Å². The molecule has 1 N–H and O–H groups in total. The van der Waals surface area contributed by atoms with Gasteiger partial charge in [0, 0.05) is 18.0 Å². The van der Waals surface area contributed by atoms with Gasteiger partial charge in [-0.2, -0.15) is 13.2 Å². The third kappa shape index (κ3) is 4.54. The second-order valence-corrected chi connectivity index (χ2v) is 5.16. The van der Waals surface area contributed by atoms with Gasteiger partial charge in [-0.1, -0.05) is 12.1 Å². The quantitative estimate of drug-likeness (QED) is 0.816. The molecule has 0 aliphatic rings. The summed E-state index contributed by atoms with van der Waals surface area (Å²) in [6.45, 7) is 1.64. The van der Waals surface area contributed by atoms with E-state index in [2.05, 4.69) is 5.32 Å². The Bertz CT molecular complexity index is 525. The van der Waals surface area contributed by atoms with Gasteiger partial charge in [0.2, 0.25) is 0 Å². The number of thiophene rings is 1. The summed E-state index contributed by atoms with van der Waals surface area (Å²) in [5.41, 5.74) is -0.693. The first-order valence-corrected chi connectivity index (χ1v) is 6.97. The van der Waals surface area contributed by atoms with Crippen LogP contribution in [0.2, 0.25) is 0 Å². The van der Waals surface area contributed by atoms with Crippen LogP contribution in [0, 0.1) is 0 Å². The lowest BCUT2D eigenvalue weighted by molar-refractivity contribution is -0.137. The van der Waals surface area contributed by atoms with Gasteiger partial charge in [-0.3, -0.25) is 0 Å². The molecule has 0 spiro atoms. The molecule has 0 unspecified atom stereocenters. The Balaban J connectivity index is 1.74. The lowest BCUT2D eigenvalue weighted by Gasteiger charge is -2.10. The minimum Gasteiger partial charge on any atom is -0.492 e. The van der Waals surface area contributed by atoms with Gasteiger partial charge >= 0.3 is 6.18 Å². The van der Waals surface area contributed by atoms with Crippen LogP contribution in [0.25, 0.3) is 0 Å². The Kier molecular flexibility index (Phi) is 5.03. The molecule has 0 atom stereocenters. The molecule has 0 aliphatic carbocycles. The molecule has 0 saturated carbocycles. The third-order valence-electron chi connectivity index (χ3n) is 2.59. The molecular weight excluding hydrogens is 287 g/mol. The van der Waals surface area contributed by atoms with Crippen molar-refractivity contribution in [2.75, 3.05) is 13.2 Å². The summed E-state index contributed by atoms with van der Waals surface area (Å²) in [6.07, 6.45) is -4.34. The first kappa shape index (κ1) is 14.9. The first-order valence-electron chi connectivity index (χ1n) is 6.09. The summed E-state index contributed by atoms with van der Waals surface area (Å²) in [5, 5.41) is 5.16. The predicted molar refractivity (Wildman–Crippen MR) is 73.0 cm³/mol. The van der Waals surface area contributed by atoms with Gasteiger partial charge in [0.05, 0.1) is 5.56 Å². The van der Waals surface area contributed by atoms with Crippen LogP contribution in [-0.4, -0.2) is 13.2 Å². The molecule has 6 heteroatoms. The number of nitrogens with one attached hydrogen (secondary N) is 1. The van der Waals surface area contributed by atoms with E-state index >= 15 is 0 Å². The maximum atomic E-state index is 12.5. The second-order valence-electron chi connectivity index (χ2n) is 4.13. The molecule has 0 fully saturated rings. The highest BCUT2D eigenvalue weighted by Gasteiger charge is 2.30. The van der Waals surface area contributed by atoms with Crippen LogP contribution in [0.15, 0.2) is 41.8 Å². The molecule has 0 amide bonds. The molecule has 1 heterocycles. The van der Waals surface area contributed by atoms with Crippen LogP contribution in [-0.2, 0) is 12.7 Å². The molecule has 1 aromatic carbocycles. The molecule has 108 valence electrons. The third-order valence-corrected chi connectivity index (χ3v) is 3.46. The Morgan fingerprint density at radius 3 is 2.70 bits per heavy atom. The summed E-state index contributed by atoms with van der Waals surface area (Å²) < 4.78 is 42.8. The van der Waals surface area contributed by atoms with Crippen molar-refractivity contribution in [2.24, 2.45) is 0 Å². The molecule has 20 heavy (non-hydrogen) atoms. The Morgan fingerprint density at radius 1 is 1.15 bits per heavy atom. The van der Waals surface area contributed by atoms with Crippen molar-refractivity contribution in [2.45, 2.75) is 12.7 Å². The summed E-state index contributed by atoms with van der Waals surface area (Å²) >= 11 is 1.65. The smallest absolute Gasteiger partial charge is 0.416 e. The zero-order chi connectivity index (χ0) is 14.4. The Labute approximate surface area is 119 Å². The van der Waals surface area contributed by atoms with Crippen molar-refractivity contribution in [1.29, 1.82) is 0 Å². The average Bonchev–Trinajstić information content (AvgIpc) is 2.91. The van der Waals surface area contributed by atoms with Gasteiger partial charge in [0.15, 0.2) is 0 Å². The standard InChI is InChI=1S/C14H14F3NOS/c15-14(16,17)11-3-1-4-12(9-11)19-7-6-18-10-13-5-2-8-20-13/h1-5,8-9,18H,6-7,10H2. The summed E-state index contributed by atoms with van der Waals surface area (Å²) in [4.78, 5) is 1.21. The van der Waals surface area contributed by atoms with Gasteiger partial charge in [0.25, 0.3) is 0 Å². The number of halogens is 3. The van der Waals surface area contributed by atoms with Crippen LogP contribution in [0.4, 0.5) is 13.2 Å². The number of alkyl halides is 3. The van der Waals surface area contributed by atoms with Gasteiger partial charge in [-0.15, -0.1) is 11.3 Å². The van der Waals surface area contributed by atoms with Gasteiger partial charge in [0.1, 0.15) is 12.4 Å². The van der Waals surface area contributed by atoms with E-state index in [-0.39, 0.29) is 5.75 Å². The SMILES string of the molecule is FC(F)(F)c1cccc(OCCNCc2cccs2)c1. The predicted octanol–water partition coefficient (Wildman–Crippen LogP) is 3.94. The molecule has 2 aromatic rings. The number of benzene rings is 1. The highest BCUT2D eigenvalue weighted by molar-refractivity contribution is 7.09. The minimum absolute atomic E-state index is 0.234. The number of hydrogen-bond acceptors (Lipinski definition) is 3. The number of rotatable bonds is 6. The fraction of sp³-hybridized carbons (Fsp3) is 0.286. The molecule has 1 aromatic heterocycles. The first-order chi connectivity index (χ1) is 9.55. The van der Waals surface area contributed by atoms with E-state index in [1.54, 1.807) is 11.3 Å². The molecule has 0 aliphatic heterocycles. The zero-order valence-electron chi connectivity index (χ0n) is 10.6. The van der Waals surface area contributed by atoms with E-state index in [9.17, 15) is 13.2 Å². The summed E-state index contributed by atoms with van der Waals surface area (Å²) in [6, 6.07) is 8.90. The van der Waals surface area contributed by atoms with Crippen LogP contribution in [0.5, 0.6) is 5.75 Å². The van der Waals surface area contributed by atoms with Crippen molar-refractivity contribution in [3.8, 4) is 5.75 Å². The highest BCUT2D eigenvalue weighted by atomic mass is 32.1. The Hall–Kier alpha value is -1.53. The fourth-order valence-corrected chi connectivity index (χ4v) is 2.30. The molecule has 0 radical (unpaired) electrons. The van der Waals surface area contributed by atoms with Crippen molar-refractivity contribution in [3.63, 3.8) is 0 Å². The van der Waals surface area contributed by atoms with E-state index in [0.29, 0.717) is 13.2 Å². The van der Waals surface area contributed by atoms with Gasteiger partial charge in [-0.25, -0.2) is 0 Å². The van der Waals surface area contributed by atoms with Crippen molar-refractivity contribution >= 4 is 11.3 Å². The van der Waals surface area contributed by atoms with E-state index in [1.165, 1.54) is 17.0 Å². The number of ether oxygens (including phenoxy) is 1. The maximum absolute atomic E-state index is 12.5. The molecule has 2 nitrogen and oxygen atoms in total. The molecular formula is C14H14F3NOS. The van der Waals surface area contributed by atoms with Crippen LogP contribution in [0.3, 0.4) is 0 Å². The van der Waals surface area contributed by atoms with Gasteiger partial charge < -0.3 is 10.1 Å². The van der Waals surface area contributed by atoms with Crippen LogP contribution < -0.4 is 10.1 Å². The average molecular weight is 301 g/mol. The number of hydrogen-bond donors (Lipinski definition) is 1. The molecule has 0 bridgehead atoms. The van der Waals surface area contributed by atoms with Gasteiger partial charge in [-0.05, 0) is 29.6 Å². The normalized spacial score (nSPS) is 11.6. The monoisotopic (exact) mass is 301 g/mol.